The number of aromatic amines is 1. The molecular weight excluding hydrogens is 384 g/mol. The summed E-state index contributed by atoms with van der Waals surface area (Å²) in [5, 5.41) is 13.9. The highest BCUT2D eigenvalue weighted by atomic mass is 32.2. The van der Waals surface area contributed by atoms with Gasteiger partial charge in [0, 0.05) is 23.6 Å². The molecular formula is C18H18N4O3S2. The molecule has 0 bridgehead atoms. The number of benzene rings is 1. The summed E-state index contributed by atoms with van der Waals surface area (Å²) in [7, 11) is -3.82. The molecule has 0 fully saturated rings. The van der Waals surface area contributed by atoms with Crippen molar-refractivity contribution in [1.29, 1.82) is 5.26 Å². The zero-order valence-electron chi connectivity index (χ0n) is 14.3. The van der Waals surface area contributed by atoms with Gasteiger partial charge in [-0.05, 0) is 29.5 Å². The number of thiophene rings is 1. The smallest absolute Gasteiger partial charge is 0.250 e. The number of fused-ring (bicyclic) bond motifs is 1. The van der Waals surface area contributed by atoms with Gasteiger partial charge in [0.25, 0.3) is 10.0 Å². The van der Waals surface area contributed by atoms with Gasteiger partial charge in [-0.3, -0.25) is 4.79 Å². The van der Waals surface area contributed by atoms with Gasteiger partial charge in [-0.25, -0.2) is 8.42 Å². The molecule has 2 heterocycles. The molecule has 140 valence electrons. The van der Waals surface area contributed by atoms with Crippen molar-refractivity contribution in [2.45, 2.75) is 23.1 Å². The van der Waals surface area contributed by atoms with Gasteiger partial charge < -0.3 is 10.3 Å². The van der Waals surface area contributed by atoms with Crippen molar-refractivity contribution < 1.29 is 13.2 Å². The summed E-state index contributed by atoms with van der Waals surface area (Å²) in [6, 6.07) is 11.7. The molecule has 0 aliphatic rings. The minimum Gasteiger partial charge on any atom is -0.361 e. The van der Waals surface area contributed by atoms with Gasteiger partial charge in [-0.15, -0.1) is 11.3 Å². The van der Waals surface area contributed by atoms with E-state index < -0.39 is 22.0 Å². The largest absolute Gasteiger partial charge is 0.361 e. The van der Waals surface area contributed by atoms with E-state index in [0.717, 1.165) is 27.8 Å². The normalized spacial score (nSPS) is 12.6. The molecule has 2 aromatic heterocycles. The monoisotopic (exact) mass is 402 g/mol. The first-order chi connectivity index (χ1) is 13.0. The molecule has 0 aliphatic carbocycles. The topological polar surface area (TPSA) is 115 Å². The lowest BCUT2D eigenvalue weighted by atomic mass is 10.1. The van der Waals surface area contributed by atoms with Gasteiger partial charge in [0.05, 0.1) is 12.5 Å². The molecule has 3 aromatic rings. The van der Waals surface area contributed by atoms with Crippen molar-refractivity contribution in [3.8, 4) is 6.07 Å². The van der Waals surface area contributed by atoms with Crippen molar-refractivity contribution in [2.75, 3.05) is 6.54 Å². The molecule has 9 heteroatoms. The van der Waals surface area contributed by atoms with E-state index >= 15 is 0 Å². The van der Waals surface area contributed by atoms with Crippen LogP contribution in [0.4, 0.5) is 0 Å². The number of nitrogens with zero attached hydrogens (tertiary/aromatic N) is 1. The molecule has 0 radical (unpaired) electrons. The van der Waals surface area contributed by atoms with E-state index in [-0.39, 0.29) is 23.6 Å². The molecule has 0 saturated heterocycles. The Bertz CT molecular complexity index is 1070. The molecule has 1 atom stereocenters. The highest BCUT2D eigenvalue weighted by Crippen LogP contribution is 2.21. The van der Waals surface area contributed by atoms with Crippen molar-refractivity contribution in [3.05, 3.63) is 53.5 Å². The predicted octanol–water partition coefficient (Wildman–Crippen LogP) is 2.15. The third-order valence-electron chi connectivity index (χ3n) is 4.01. The molecule has 0 saturated carbocycles. The summed E-state index contributed by atoms with van der Waals surface area (Å²) in [5.74, 6) is -0.462. The molecule has 1 unspecified atom stereocenters. The number of hydrogen-bond acceptors (Lipinski definition) is 5. The third-order valence-corrected chi connectivity index (χ3v) is 6.88. The van der Waals surface area contributed by atoms with E-state index in [2.05, 4.69) is 15.0 Å². The second kappa shape index (κ2) is 8.35. The van der Waals surface area contributed by atoms with E-state index in [4.69, 9.17) is 5.26 Å². The van der Waals surface area contributed by atoms with Gasteiger partial charge in [-0.2, -0.15) is 9.98 Å². The Morgan fingerprint density at radius 3 is 2.81 bits per heavy atom. The Morgan fingerprint density at radius 1 is 1.26 bits per heavy atom. The Labute approximate surface area is 161 Å². The Hall–Kier alpha value is -2.67. The fraction of sp³-hybridized carbons (Fsp3) is 0.222. The van der Waals surface area contributed by atoms with Crippen molar-refractivity contribution in [1.82, 2.24) is 15.0 Å². The van der Waals surface area contributed by atoms with E-state index in [9.17, 15) is 13.2 Å². The van der Waals surface area contributed by atoms with Crippen LogP contribution in [0.1, 0.15) is 12.0 Å². The zero-order chi connectivity index (χ0) is 19.3. The summed E-state index contributed by atoms with van der Waals surface area (Å²) in [6.07, 6.45) is 2.12. The summed E-state index contributed by atoms with van der Waals surface area (Å²) >= 11 is 1.08. The van der Waals surface area contributed by atoms with Crippen LogP contribution in [0.3, 0.4) is 0 Å². The second-order valence-corrected chi connectivity index (χ2v) is 8.76. The fourth-order valence-electron chi connectivity index (χ4n) is 2.73. The number of nitrogens with one attached hydrogen (secondary N) is 3. The molecule has 0 aliphatic heterocycles. The average molecular weight is 403 g/mol. The molecule has 1 amide bonds. The van der Waals surface area contributed by atoms with Gasteiger partial charge >= 0.3 is 0 Å². The SMILES string of the molecule is N#CCCNC(=O)C(Cc1c[nH]c2ccccc12)NS(=O)(=O)c1cccs1. The minimum atomic E-state index is -3.82. The quantitative estimate of drug-likeness (QED) is 0.501. The van der Waals surface area contributed by atoms with Crippen molar-refractivity contribution in [3.63, 3.8) is 0 Å². The maximum absolute atomic E-state index is 12.6. The fourth-order valence-corrected chi connectivity index (χ4v) is 4.94. The van der Waals surface area contributed by atoms with Gasteiger partial charge in [0.15, 0.2) is 0 Å². The first-order valence-electron chi connectivity index (χ1n) is 8.27. The molecule has 27 heavy (non-hydrogen) atoms. The number of nitriles is 1. The third kappa shape index (κ3) is 4.54. The summed E-state index contributed by atoms with van der Waals surface area (Å²) in [5.41, 5.74) is 1.75. The molecule has 3 N–H and O–H groups in total. The van der Waals surface area contributed by atoms with Gasteiger partial charge in [-0.1, -0.05) is 24.3 Å². The van der Waals surface area contributed by atoms with Gasteiger partial charge in [0.1, 0.15) is 10.3 Å². The Balaban J connectivity index is 1.85. The number of carbonyl (C=O) groups excluding carboxylic acids is 1. The Morgan fingerprint density at radius 2 is 2.07 bits per heavy atom. The van der Waals surface area contributed by atoms with Crippen LogP contribution >= 0.6 is 11.3 Å². The number of aromatic nitrogens is 1. The average Bonchev–Trinajstić information content (AvgIpc) is 3.32. The molecule has 1 aromatic carbocycles. The van der Waals surface area contributed by atoms with E-state index in [1.165, 1.54) is 6.07 Å². The van der Waals surface area contributed by atoms with Crippen molar-refractivity contribution in [2.24, 2.45) is 0 Å². The minimum absolute atomic E-state index is 0.149. The van der Waals surface area contributed by atoms with Crippen LogP contribution in [0.5, 0.6) is 0 Å². The van der Waals surface area contributed by atoms with Crippen LogP contribution in [0.25, 0.3) is 10.9 Å². The summed E-state index contributed by atoms with van der Waals surface area (Å²) in [4.78, 5) is 15.7. The number of sulfonamides is 1. The highest BCUT2D eigenvalue weighted by Gasteiger charge is 2.27. The van der Waals surface area contributed by atoms with Crippen LogP contribution in [0.2, 0.25) is 0 Å². The summed E-state index contributed by atoms with van der Waals surface area (Å²) < 4.78 is 27.8. The lowest BCUT2D eigenvalue weighted by molar-refractivity contribution is -0.122. The molecule has 3 rings (SSSR count). The summed E-state index contributed by atoms with van der Waals surface area (Å²) in [6.45, 7) is 0.167. The molecule has 0 spiro atoms. The van der Waals surface area contributed by atoms with E-state index in [1.54, 1.807) is 17.6 Å². The number of H-pyrrole nitrogens is 1. The zero-order valence-corrected chi connectivity index (χ0v) is 15.9. The lowest BCUT2D eigenvalue weighted by Crippen LogP contribution is -2.48. The van der Waals surface area contributed by atoms with Crippen LogP contribution in [0.15, 0.2) is 52.2 Å². The first kappa shape index (κ1) is 19.1. The first-order valence-corrected chi connectivity index (χ1v) is 10.6. The van der Waals surface area contributed by atoms with Crippen LogP contribution < -0.4 is 10.0 Å². The van der Waals surface area contributed by atoms with Crippen LogP contribution in [-0.4, -0.2) is 31.9 Å². The maximum atomic E-state index is 12.6. The second-order valence-electron chi connectivity index (χ2n) is 5.87. The number of amides is 1. The van der Waals surface area contributed by atoms with E-state index in [1.807, 2.05) is 30.3 Å². The predicted molar refractivity (Wildman–Crippen MR) is 104 cm³/mol. The standard InChI is InChI=1S/C18H18N4O3S2/c19-8-4-9-20-18(23)16(22-27(24,25)17-7-3-10-26-17)11-13-12-21-15-6-2-1-5-14(13)15/h1-3,5-7,10,12,16,21-22H,4,9,11H2,(H,20,23). The maximum Gasteiger partial charge on any atom is 0.250 e. The van der Waals surface area contributed by atoms with E-state index in [0.29, 0.717) is 0 Å². The number of carbonyl (C=O) groups is 1. The number of para-hydroxylation sites is 1. The van der Waals surface area contributed by atoms with Crippen molar-refractivity contribution >= 4 is 38.2 Å². The van der Waals surface area contributed by atoms with Crippen LogP contribution in [-0.2, 0) is 21.2 Å². The highest BCUT2D eigenvalue weighted by molar-refractivity contribution is 7.91. The van der Waals surface area contributed by atoms with Crippen LogP contribution in [0, 0.1) is 11.3 Å². The Kier molecular flexibility index (Phi) is 5.91. The molecule has 7 nitrogen and oxygen atoms in total. The lowest BCUT2D eigenvalue weighted by Gasteiger charge is -2.17. The number of hydrogen-bond donors (Lipinski definition) is 3. The van der Waals surface area contributed by atoms with Gasteiger partial charge in [0.2, 0.25) is 5.91 Å². The number of rotatable bonds is 8.